The summed E-state index contributed by atoms with van der Waals surface area (Å²) < 4.78 is 0.710. The zero-order valence-corrected chi connectivity index (χ0v) is 10.3. The van der Waals surface area contributed by atoms with Crippen molar-refractivity contribution in [3.8, 4) is 0 Å². The van der Waals surface area contributed by atoms with E-state index in [0.29, 0.717) is 17.2 Å². The van der Waals surface area contributed by atoms with Gasteiger partial charge in [-0.3, -0.25) is 9.69 Å². The number of nitrogens with two attached hydrogens (primary N) is 1. The average molecular weight is 260 g/mol. The highest BCUT2D eigenvalue weighted by atomic mass is 32.2. The van der Waals surface area contributed by atoms with Crippen LogP contribution in [-0.4, -0.2) is 39.1 Å². The zero-order valence-electron chi connectivity index (χ0n) is 8.67. The van der Waals surface area contributed by atoms with Crippen molar-refractivity contribution in [2.75, 3.05) is 6.54 Å². The van der Waals surface area contributed by atoms with Crippen LogP contribution in [0.2, 0.25) is 0 Å². The number of carbonyl (C=O) groups is 2. The molecule has 3 N–H and O–H groups in total. The molecule has 5 nitrogen and oxygen atoms in total. The molecular formula is C9H12N2O3S2. The van der Waals surface area contributed by atoms with E-state index in [1.807, 2.05) is 6.92 Å². The molecule has 1 saturated heterocycles. The Morgan fingerprint density at radius 1 is 1.81 bits per heavy atom. The molecule has 1 unspecified atom stereocenters. The largest absolute Gasteiger partial charge is 0.477 e. The van der Waals surface area contributed by atoms with Gasteiger partial charge in [0, 0.05) is 11.8 Å². The molecule has 2 heterocycles. The topological polar surface area (TPSA) is 83.6 Å². The third-order valence-corrected chi connectivity index (χ3v) is 5.06. The first-order valence-electron chi connectivity index (χ1n) is 4.87. The number of thioether (sulfide) groups is 2. The monoisotopic (exact) mass is 260 g/mol. The van der Waals surface area contributed by atoms with E-state index >= 15 is 0 Å². The van der Waals surface area contributed by atoms with Gasteiger partial charge in [0.25, 0.3) is 0 Å². The Morgan fingerprint density at radius 3 is 3.00 bits per heavy atom. The second kappa shape index (κ2) is 4.31. The van der Waals surface area contributed by atoms with E-state index < -0.39 is 5.97 Å². The van der Waals surface area contributed by atoms with Crippen LogP contribution in [0.4, 0.5) is 0 Å². The lowest BCUT2D eigenvalue weighted by molar-refractivity contribution is -0.145. The molecule has 1 amide bonds. The Labute approximate surface area is 101 Å². The fourth-order valence-corrected chi connectivity index (χ4v) is 4.44. The van der Waals surface area contributed by atoms with Gasteiger partial charge in [0.1, 0.15) is 0 Å². The van der Waals surface area contributed by atoms with Crippen LogP contribution in [0.1, 0.15) is 13.3 Å². The maximum Gasteiger partial charge on any atom is 0.354 e. The molecule has 0 aromatic rings. The van der Waals surface area contributed by atoms with Crippen molar-refractivity contribution >= 4 is 35.4 Å². The van der Waals surface area contributed by atoms with Crippen LogP contribution in [-0.2, 0) is 9.59 Å². The Balaban J connectivity index is 2.22. The second-order valence-corrected chi connectivity index (χ2v) is 6.54. The SMILES string of the molecule is CC(CN)SC1=C(C(=O)O)N2C(=O)C[C@H]2S1. The molecule has 2 aliphatic rings. The molecule has 2 atom stereocenters. The first-order valence-corrected chi connectivity index (χ1v) is 6.63. The lowest BCUT2D eigenvalue weighted by atomic mass is 10.2. The quantitative estimate of drug-likeness (QED) is 0.721. The molecule has 2 rings (SSSR count). The van der Waals surface area contributed by atoms with Gasteiger partial charge in [-0.05, 0) is 0 Å². The minimum Gasteiger partial charge on any atom is -0.477 e. The standard InChI is InChI=1S/C9H12N2O3S2/c1-4(3-10)15-9-7(8(13)14)11-5(12)2-6(11)16-9/h4,6H,2-3,10H2,1H3,(H,13,14)/t4?,6-/m1/s1. The van der Waals surface area contributed by atoms with Gasteiger partial charge in [0.05, 0.1) is 16.0 Å². The van der Waals surface area contributed by atoms with Gasteiger partial charge < -0.3 is 10.8 Å². The van der Waals surface area contributed by atoms with E-state index in [4.69, 9.17) is 10.8 Å². The molecule has 0 saturated carbocycles. The van der Waals surface area contributed by atoms with Gasteiger partial charge in [-0.15, -0.1) is 11.8 Å². The molecule has 0 radical (unpaired) electrons. The highest BCUT2D eigenvalue weighted by molar-refractivity contribution is 8.23. The van der Waals surface area contributed by atoms with E-state index in [1.165, 1.54) is 28.4 Å². The van der Waals surface area contributed by atoms with Crippen LogP contribution in [0, 0.1) is 0 Å². The summed E-state index contributed by atoms with van der Waals surface area (Å²) in [5.41, 5.74) is 5.64. The first-order chi connectivity index (χ1) is 7.54. The second-order valence-electron chi connectivity index (χ2n) is 3.65. The molecular weight excluding hydrogens is 248 g/mol. The lowest BCUT2D eigenvalue weighted by Crippen LogP contribution is -2.48. The van der Waals surface area contributed by atoms with Crippen molar-refractivity contribution in [1.29, 1.82) is 0 Å². The molecule has 0 bridgehead atoms. The van der Waals surface area contributed by atoms with Crippen LogP contribution in [0.15, 0.2) is 9.93 Å². The zero-order chi connectivity index (χ0) is 11.9. The molecule has 0 spiro atoms. The highest BCUT2D eigenvalue weighted by Gasteiger charge is 2.48. The normalized spacial score (nSPS) is 25.5. The van der Waals surface area contributed by atoms with Gasteiger partial charge in [-0.25, -0.2) is 4.79 Å². The minimum absolute atomic E-state index is 0.00826. The predicted octanol–water partition coefficient (Wildman–Crippen LogP) is 0.626. The summed E-state index contributed by atoms with van der Waals surface area (Å²) in [6.45, 7) is 2.43. The fourth-order valence-electron chi connectivity index (χ4n) is 1.53. The van der Waals surface area contributed by atoms with Gasteiger partial charge in [-0.2, -0.15) is 0 Å². The van der Waals surface area contributed by atoms with Crippen LogP contribution in [0.25, 0.3) is 0 Å². The number of nitrogens with zero attached hydrogens (tertiary/aromatic N) is 1. The van der Waals surface area contributed by atoms with Crippen molar-refractivity contribution in [3.63, 3.8) is 0 Å². The highest BCUT2D eigenvalue weighted by Crippen LogP contribution is 2.51. The number of hydrogen-bond acceptors (Lipinski definition) is 5. The predicted molar refractivity (Wildman–Crippen MR) is 63.6 cm³/mol. The van der Waals surface area contributed by atoms with Crippen LogP contribution in [0.5, 0.6) is 0 Å². The van der Waals surface area contributed by atoms with E-state index in [0.717, 1.165) is 0 Å². The minimum atomic E-state index is -1.03. The third-order valence-electron chi connectivity index (χ3n) is 2.43. The maximum atomic E-state index is 11.3. The van der Waals surface area contributed by atoms with Gasteiger partial charge in [-0.1, -0.05) is 18.7 Å². The van der Waals surface area contributed by atoms with E-state index in [-0.39, 0.29) is 22.2 Å². The molecule has 88 valence electrons. The number of amides is 1. The number of β-lactam (4-membered cyclic amide) rings is 1. The Bertz CT molecular complexity index is 383. The maximum absolute atomic E-state index is 11.3. The molecule has 0 aromatic heterocycles. The van der Waals surface area contributed by atoms with E-state index in [2.05, 4.69) is 0 Å². The number of carboxylic acids is 1. The third kappa shape index (κ3) is 1.83. The van der Waals surface area contributed by atoms with Crippen molar-refractivity contribution in [2.24, 2.45) is 5.73 Å². The molecule has 16 heavy (non-hydrogen) atoms. The molecule has 2 aliphatic heterocycles. The van der Waals surface area contributed by atoms with E-state index in [1.54, 1.807) is 0 Å². The summed E-state index contributed by atoms with van der Waals surface area (Å²) >= 11 is 2.89. The van der Waals surface area contributed by atoms with E-state index in [9.17, 15) is 9.59 Å². The Hall–Kier alpha value is -0.660. The van der Waals surface area contributed by atoms with Crippen LogP contribution < -0.4 is 5.73 Å². The van der Waals surface area contributed by atoms with Gasteiger partial charge >= 0.3 is 5.97 Å². The number of rotatable bonds is 4. The number of fused-ring (bicyclic) bond motifs is 1. The molecule has 7 heteroatoms. The molecule has 0 aliphatic carbocycles. The molecule has 0 aromatic carbocycles. The average Bonchev–Trinajstić information content (AvgIpc) is 2.51. The first kappa shape index (κ1) is 11.8. The van der Waals surface area contributed by atoms with Crippen LogP contribution >= 0.6 is 23.5 Å². The van der Waals surface area contributed by atoms with Crippen molar-refractivity contribution < 1.29 is 14.7 Å². The Morgan fingerprint density at radius 2 is 2.50 bits per heavy atom. The fraction of sp³-hybridized carbons (Fsp3) is 0.556. The number of aliphatic carboxylic acids is 1. The summed E-state index contributed by atoms with van der Waals surface area (Å²) in [6.07, 6.45) is 0.433. The Kier molecular flexibility index (Phi) is 3.18. The van der Waals surface area contributed by atoms with Crippen molar-refractivity contribution in [3.05, 3.63) is 9.93 Å². The smallest absolute Gasteiger partial charge is 0.354 e. The summed E-state index contributed by atoms with van der Waals surface area (Å²) in [4.78, 5) is 23.8. The van der Waals surface area contributed by atoms with Crippen molar-refractivity contribution in [1.82, 2.24) is 4.90 Å². The lowest BCUT2D eigenvalue weighted by Gasteiger charge is -2.33. The molecule has 1 fully saturated rings. The van der Waals surface area contributed by atoms with Crippen LogP contribution in [0.3, 0.4) is 0 Å². The van der Waals surface area contributed by atoms with Crippen molar-refractivity contribution in [2.45, 2.75) is 24.0 Å². The summed E-state index contributed by atoms with van der Waals surface area (Å²) in [5.74, 6) is -1.14. The number of hydrogen-bond donors (Lipinski definition) is 2. The summed E-state index contributed by atoms with van der Waals surface area (Å²) in [7, 11) is 0. The summed E-state index contributed by atoms with van der Waals surface area (Å²) in [5, 5.41) is 9.25. The van der Waals surface area contributed by atoms with Gasteiger partial charge in [0.2, 0.25) is 5.91 Å². The van der Waals surface area contributed by atoms with Gasteiger partial charge in [0.15, 0.2) is 5.70 Å². The number of carbonyl (C=O) groups excluding carboxylic acids is 1. The number of carboxylic acid groups (broad SMARTS) is 1. The summed E-state index contributed by atoms with van der Waals surface area (Å²) in [6, 6.07) is 0.